The third-order valence-corrected chi connectivity index (χ3v) is 3.78. The van der Waals surface area contributed by atoms with E-state index < -0.39 is 11.3 Å². The number of aromatic nitrogens is 2. The number of rotatable bonds is 2. The van der Waals surface area contributed by atoms with Crippen LogP contribution in [0.4, 0.5) is 8.78 Å². The van der Waals surface area contributed by atoms with Crippen LogP contribution in [0, 0.1) is 0 Å². The van der Waals surface area contributed by atoms with Gasteiger partial charge in [-0.3, -0.25) is 4.68 Å². The molecule has 0 aromatic carbocycles. The van der Waals surface area contributed by atoms with E-state index in [-0.39, 0.29) is 24.8 Å². The van der Waals surface area contributed by atoms with Crippen LogP contribution in [0.1, 0.15) is 45.0 Å². The summed E-state index contributed by atoms with van der Waals surface area (Å²) in [6.07, 6.45) is -0.334. The van der Waals surface area contributed by atoms with Crippen LogP contribution in [0.3, 0.4) is 0 Å². The van der Waals surface area contributed by atoms with Gasteiger partial charge in [-0.2, -0.15) is 5.10 Å². The molecule has 1 aromatic heterocycles. The van der Waals surface area contributed by atoms with Crippen molar-refractivity contribution in [3.8, 4) is 0 Å². The number of alkyl halides is 2. The summed E-state index contributed by atoms with van der Waals surface area (Å²) < 4.78 is 28.1. The maximum atomic E-state index is 13.2. The van der Waals surface area contributed by atoms with Gasteiger partial charge in [-0.25, -0.2) is 8.78 Å². The number of hydrogen-bond acceptors (Lipinski definition) is 2. The molecule has 1 saturated carbocycles. The molecule has 0 saturated heterocycles. The molecule has 5 heteroatoms. The van der Waals surface area contributed by atoms with Crippen molar-refractivity contribution in [2.75, 3.05) is 6.54 Å². The van der Waals surface area contributed by atoms with E-state index in [9.17, 15) is 8.78 Å². The summed E-state index contributed by atoms with van der Waals surface area (Å²) >= 11 is 0. The van der Waals surface area contributed by atoms with Crippen molar-refractivity contribution in [1.29, 1.82) is 0 Å². The van der Waals surface area contributed by atoms with Crippen LogP contribution in [0.2, 0.25) is 0 Å². The SMILES string of the molecule is Cn1nc(C(C)(C)C)cc1C1(CN)CC(F)(F)C1. The lowest BCUT2D eigenvalue weighted by Gasteiger charge is -2.46. The lowest BCUT2D eigenvalue weighted by Crippen LogP contribution is -2.54. The van der Waals surface area contributed by atoms with Crippen molar-refractivity contribution in [3.05, 3.63) is 17.5 Å². The molecule has 0 atom stereocenters. The van der Waals surface area contributed by atoms with Gasteiger partial charge in [0.2, 0.25) is 5.92 Å². The van der Waals surface area contributed by atoms with Crippen molar-refractivity contribution in [1.82, 2.24) is 9.78 Å². The van der Waals surface area contributed by atoms with Crippen molar-refractivity contribution < 1.29 is 8.78 Å². The summed E-state index contributed by atoms with van der Waals surface area (Å²) in [5.41, 5.74) is 6.80. The molecule has 0 spiro atoms. The number of hydrogen-bond donors (Lipinski definition) is 1. The van der Waals surface area contributed by atoms with E-state index in [2.05, 4.69) is 25.9 Å². The fourth-order valence-electron chi connectivity index (χ4n) is 2.70. The first-order valence-corrected chi connectivity index (χ1v) is 6.23. The van der Waals surface area contributed by atoms with Crippen LogP contribution in [0.5, 0.6) is 0 Å². The summed E-state index contributed by atoms with van der Waals surface area (Å²) in [5, 5.41) is 4.44. The van der Waals surface area contributed by atoms with Crippen LogP contribution in [-0.4, -0.2) is 22.2 Å². The smallest absolute Gasteiger partial charge is 0.250 e. The molecule has 102 valence electrons. The average molecular weight is 257 g/mol. The number of aryl methyl sites for hydroxylation is 1. The zero-order valence-corrected chi connectivity index (χ0v) is 11.4. The first kappa shape index (κ1) is 13.5. The fourth-order valence-corrected chi connectivity index (χ4v) is 2.70. The number of nitrogens with zero attached hydrogens (tertiary/aromatic N) is 2. The molecule has 1 aliphatic rings. The van der Waals surface area contributed by atoms with Gasteiger partial charge in [0.15, 0.2) is 0 Å². The van der Waals surface area contributed by atoms with Gasteiger partial charge in [0.05, 0.1) is 5.69 Å². The lowest BCUT2D eigenvalue weighted by atomic mass is 9.63. The molecule has 0 unspecified atom stereocenters. The molecule has 0 amide bonds. The van der Waals surface area contributed by atoms with Gasteiger partial charge in [0.25, 0.3) is 0 Å². The largest absolute Gasteiger partial charge is 0.330 e. The van der Waals surface area contributed by atoms with E-state index in [0.717, 1.165) is 11.4 Å². The van der Waals surface area contributed by atoms with Crippen LogP contribution in [0.25, 0.3) is 0 Å². The molecular formula is C13H21F2N3. The zero-order chi connectivity index (χ0) is 13.8. The van der Waals surface area contributed by atoms with E-state index in [4.69, 9.17) is 5.73 Å². The molecule has 2 N–H and O–H groups in total. The van der Waals surface area contributed by atoms with Gasteiger partial charge >= 0.3 is 0 Å². The highest BCUT2D eigenvalue weighted by molar-refractivity contribution is 5.29. The summed E-state index contributed by atoms with van der Waals surface area (Å²) in [5.74, 6) is -2.58. The highest BCUT2D eigenvalue weighted by Crippen LogP contribution is 2.53. The van der Waals surface area contributed by atoms with E-state index in [1.165, 1.54) is 0 Å². The Balaban J connectivity index is 2.37. The van der Waals surface area contributed by atoms with Crippen LogP contribution >= 0.6 is 0 Å². The Morgan fingerprint density at radius 2 is 1.94 bits per heavy atom. The second kappa shape index (κ2) is 3.76. The molecule has 3 nitrogen and oxygen atoms in total. The molecule has 1 aromatic rings. The Hall–Kier alpha value is -0.970. The minimum absolute atomic E-state index is 0.0853. The lowest BCUT2D eigenvalue weighted by molar-refractivity contribution is -0.125. The molecule has 18 heavy (non-hydrogen) atoms. The molecule has 0 bridgehead atoms. The Kier molecular flexibility index (Phi) is 2.81. The minimum atomic E-state index is -2.58. The minimum Gasteiger partial charge on any atom is -0.330 e. The van der Waals surface area contributed by atoms with Crippen molar-refractivity contribution >= 4 is 0 Å². The van der Waals surface area contributed by atoms with E-state index in [1.807, 2.05) is 6.07 Å². The van der Waals surface area contributed by atoms with Gasteiger partial charge in [0, 0.05) is 43.0 Å². The first-order chi connectivity index (χ1) is 8.10. The fraction of sp³-hybridized carbons (Fsp3) is 0.769. The van der Waals surface area contributed by atoms with Gasteiger partial charge in [-0.05, 0) is 6.07 Å². The second-order valence-corrected chi connectivity index (χ2v) is 6.48. The topological polar surface area (TPSA) is 43.8 Å². The van der Waals surface area contributed by atoms with Crippen LogP contribution < -0.4 is 5.73 Å². The highest BCUT2D eigenvalue weighted by Gasteiger charge is 2.58. The Bertz CT molecular complexity index is 449. The van der Waals surface area contributed by atoms with Gasteiger partial charge in [-0.1, -0.05) is 20.8 Å². The van der Waals surface area contributed by atoms with Gasteiger partial charge in [-0.15, -0.1) is 0 Å². The Labute approximate surface area is 106 Å². The van der Waals surface area contributed by atoms with Crippen LogP contribution in [-0.2, 0) is 17.9 Å². The van der Waals surface area contributed by atoms with Crippen LogP contribution in [0.15, 0.2) is 6.07 Å². The maximum Gasteiger partial charge on any atom is 0.250 e. The third kappa shape index (κ3) is 2.05. The van der Waals surface area contributed by atoms with Gasteiger partial charge < -0.3 is 5.73 Å². The first-order valence-electron chi connectivity index (χ1n) is 6.23. The summed E-state index contributed by atoms with van der Waals surface area (Å²) in [7, 11) is 1.80. The molecule has 0 radical (unpaired) electrons. The Morgan fingerprint density at radius 3 is 2.28 bits per heavy atom. The standard InChI is InChI=1S/C13H21F2N3/c1-11(2,3)9-5-10(18(4)17-9)12(8-16)6-13(14,15)7-12/h5H,6-8,16H2,1-4H3. The summed E-state index contributed by atoms with van der Waals surface area (Å²) in [4.78, 5) is 0. The number of halogens is 2. The van der Waals surface area contributed by atoms with E-state index in [1.54, 1.807) is 11.7 Å². The highest BCUT2D eigenvalue weighted by atomic mass is 19.3. The van der Waals surface area contributed by atoms with Crippen molar-refractivity contribution in [2.24, 2.45) is 12.8 Å². The number of nitrogens with two attached hydrogens (primary N) is 1. The van der Waals surface area contributed by atoms with E-state index in [0.29, 0.717) is 0 Å². The Morgan fingerprint density at radius 1 is 1.39 bits per heavy atom. The second-order valence-electron chi connectivity index (χ2n) is 6.48. The van der Waals surface area contributed by atoms with Gasteiger partial charge in [0.1, 0.15) is 0 Å². The normalized spacial score (nSPS) is 21.7. The summed E-state index contributed by atoms with van der Waals surface area (Å²) in [6, 6.07) is 1.93. The van der Waals surface area contributed by atoms with E-state index >= 15 is 0 Å². The van der Waals surface area contributed by atoms with Crippen molar-refractivity contribution in [2.45, 2.75) is 50.4 Å². The average Bonchev–Trinajstić information content (AvgIpc) is 2.55. The molecule has 0 aliphatic heterocycles. The predicted molar refractivity (Wildman–Crippen MR) is 66.8 cm³/mol. The monoisotopic (exact) mass is 257 g/mol. The third-order valence-electron chi connectivity index (χ3n) is 3.78. The molecule has 2 rings (SSSR count). The maximum absolute atomic E-state index is 13.2. The predicted octanol–water partition coefficient (Wildman–Crippen LogP) is 2.34. The molecule has 1 fully saturated rings. The van der Waals surface area contributed by atoms with Crippen molar-refractivity contribution in [3.63, 3.8) is 0 Å². The summed E-state index contributed by atoms with van der Waals surface area (Å²) in [6.45, 7) is 6.42. The quantitative estimate of drug-likeness (QED) is 0.883. The molecule has 1 heterocycles. The zero-order valence-electron chi connectivity index (χ0n) is 11.4. The molecular weight excluding hydrogens is 236 g/mol. The molecule has 1 aliphatic carbocycles.